The van der Waals surface area contributed by atoms with Crippen LogP contribution in [0.3, 0.4) is 0 Å². The minimum Gasteiger partial charge on any atom is -0.477 e. The minimum absolute atomic E-state index is 0.0719. The summed E-state index contributed by atoms with van der Waals surface area (Å²) in [5, 5.41) is 23.1. The molecule has 0 aromatic heterocycles. The molecular formula is C19H29N5O4S. The molecule has 0 saturated carbocycles. The number of rotatable bonds is 6. The van der Waals surface area contributed by atoms with Crippen molar-refractivity contribution in [1.82, 2.24) is 15.1 Å². The Morgan fingerprint density at radius 2 is 2.24 bits per heavy atom. The smallest absolute Gasteiger partial charge is 0.353 e. The number of hydrogen-bond donors (Lipinski definition) is 4. The summed E-state index contributed by atoms with van der Waals surface area (Å²) in [6.07, 6.45) is 0.214. The van der Waals surface area contributed by atoms with Crippen LogP contribution in [-0.2, 0) is 9.59 Å². The van der Waals surface area contributed by atoms with E-state index >= 15 is 0 Å². The Morgan fingerprint density at radius 1 is 1.48 bits per heavy atom. The highest BCUT2D eigenvalue weighted by Crippen LogP contribution is 2.51. The zero-order valence-electron chi connectivity index (χ0n) is 16.7. The maximum absolute atomic E-state index is 12.4. The van der Waals surface area contributed by atoms with Crippen molar-refractivity contribution in [3.63, 3.8) is 0 Å². The van der Waals surface area contributed by atoms with Crippen LogP contribution in [0.25, 0.3) is 0 Å². The van der Waals surface area contributed by atoms with Crippen molar-refractivity contribution in [2.24, 2.45) is 28.5 Å². The molecule has 0 spiro atoms. The van der Waals surface area contributed by atoms with Crippen molar-refractivity contribution in [2.75, 3.05) is 32.7 Å². The van der Waals surface area contributed by atoms with E-state index in [1.807, 2.05) is 6.92 Å². The second-order valence-electron chi connectivity index (χ2n) is 8.53. The van der Waals surface area contributed by atoms with Gasteiger partial charge in [0.1, 0.15) is 5.70 Å². The number of carboxylic acids is 1. The largest absolute Gasteiger partial charge is 0.477 e. The van der Waals surface area contributed by atoms with Gasteiger partial charge in [-0.15, -0.1) is 11.8 Å². The van der Waals surface area contributed by atoms with Crippen LogP contribution in [0.1, 0.15) is 20.3 Å². The van der Waals surface area contributed by atoms with Crippen molar-refractivity contribution in [3.8, 4) is 0 Å². The van der Waals surface area contributed by atoms with Gasteiger partial charge in [0.2, 0.25) is 5.91 Å². The molecule has 2 fully saturated rings. The van der Waals surface area contributed by atoms with Crippen LogP contribution in [0.15, 0.2) is 15.6 Å². The van der Waals surface area contributed by atoms with E-state index in [-0.39, 0.29) is 23.6 Å². The molecule has 160 valence electrons. The standard InChI is InChI=1S/C19H29N5O4S/c1-9-14-13(10(2)25)17(26)24(14)15(18(27)28)16(9)29-12-3-4-23(8-12)7-11-5-21-19(20)22-6-11/h9-14,25H,3-8H2,1-2H3,(H,27,28)(H3,20,21,22)/t9-,10-,12-,13-,14-/m1/s1. The number of guanidine groups is 1. The average Bonchev–Trinajstić information content (AvgIpc) is 3.18. The monoisotopic (exact) mass is 423 g/mol. The second kappa shape index (κ2) is 7.81. The first-order valence-electron chi connectivity index (χ1n) is 10.2. The molecule has 9 nitrogen and oxygen atoms in total. The van der Waals surface area contributed by atoms with Gasteiger partial charge in [0, 0.05) is 48.2 Å². The number of nitrogens with zero attached hydrogens (tertiary/aromatic N) is 3. The van der Waals surface area contributed by atoms with Gasteiger partial charge in [-0.3, -0.25) is 9.79 Å². The molecule has 0 radical (unpaired) electrons. The fourth-order valence-corrected chi connectivity index (χ4v) is 6.52. The molecule has 4 aliphatic heterocycles. The Labute approximate surface area is 174 Å². The lowest BCUT2D eigenvalue weighted by molar-refractivity contribution is -0.163. The van der Waals surface area contributed by atoms with Crippen molar-refractivity contribution in [1.29, 1.82) is 0 Å². The third kappa shape index (κ3) is 3.62. The van der Waals surface area contributed by atoms with Crippen molar-refractivity contribution >= 4 is 29.6 Å². The number of carbonyl (C=O) groups excluding carboxylic acids is 1. The summed E-state index contributed by atoms with van der Waals surface area (Å²) < 4.78 is 0. The molecule has 4 heterocycles. The molecule has 0 aliphatic carbocycles. The fraction of sp³-hybridized carbons (Fsp3) is 0.737. The number of carbonyl (C=O) groups is 2. The van der Waals surface area contributed by atoms with Crippen LogP contribution in [-0.4, -0.2) is 88.0 Å². The summed E-state index contributed by atoms with van der Waals surface area (Å²) in [6, 6.07) is -0.245. The van der Waals surface area contributed by atoms with E-state index in [4.69, 9.17) is 5.73 Å². The molecule has 0 bridgehead atoms. The molecule has 0 aromatic carbocycles. The Balaban J connectivity index is 1.41. The van der Waals surface area contributed by atoms with Gasteiger partial charge in [0.15, 0.2) is 5.96 Å². The summed E-state index contributed by atoms with van der Waals surface area (Å²) >= 11 is 1.61. The summed E-state index contributed by atoms with van der Waals surface area (Å²) in [7, 11) is 0. The number of amides is 1. The highest BCUT2D eigenvalue weighted by molar-refractivity contribution is 8.03. The second-order valence-corrected chi connectivity index (χ2v) is 9.88. The molecule has 1 unspecified atom stereocenters. The summed E-state index contributed by atoms with van der Waals surface area (Å²) in [5.74, 6) is -0.979. The number of likely N-dealkylation sites (tertiary alicyclic amines) is 1. The Morgan fingerprint density at radius 3 is 2.86 bits per heavy atom. The van der Waals surface area contributed by atoms with Crippen LogP contribution >= 0.6 is 11.8 Å². The SMILES string of the molecule is C[C@@H](O)[C@H]1C(=O)N2C(C(=O)O)=C(S[C@@H]3CCN(CC4CN=C(N)NC4)C3)[C@H](C)[C@H]12. The van der Waals surface area contributed by atoms with Gasteiger partial charge in [0.25, 0.3) is 0 Å². The topological polar surface area (TPSA) is 131 Å². The van der Waals surface area contributed by atoms with Gasteiger partial charge in [-0.1, -0.05) is 6.92 Å². The molecule has 4 rings (SSSR count). The lowest BCUT2D eigenvalue weighted by Gasteiger charge is -2.46. The van der Waals surface area contributed by atoms with Crippen molar-refractivity contribution < 1.29 is 19.8 Å². The number of aliphatic hydroxyl groups is 1. The van der Waals surface area contributed by atoms with Gasteiger partial charge in [-0.05, 0) is 19.9 Å². The summed E-state index contributed by atoms with van der Waals surface area (Å²) in [6.45, 7) is 7.94. The number of nitrogens with one attached hydrogen (secondary N) is 1. The Kier molecular flexibility index (Phi) is 5.52. The Hall–Kier alpha value is -1.78. The van der Waals surface area contributed by atoms with E-state index in [1.54, 1.807) is 18.7 Å². The van der Waals surface area contributed by atoms with E-state index in [0.29, 0.717) is 17.1 Å². The normalized spacial score (nSPS) is 35.8. The number of aliphatic hydroxyl groups excluding tert-OH is 1. The summed E-state index contributed by atoms with van der Waals surface area (Å²) in [4.78, 5) is 33.2. The first-order valence-corrected chi connectivity index (χ1v) is 11.1. The first-order chi connectivity index (χ1) is 13.8. The molecule has 0 aromatic rings. The zero-order chi connectivity index (χ0) is 20.9. The average molecular weight is 424 g/mol. The van der Waals surface area contributed by atoms with Crippen LogP contribution in [0.5, 0.6) is 0 Å². The molecule has 29 heavy (non-hydrogen) atoms. The number of fused-ring (bicyclic) bond motifs is 1. The maximum Gasteiger partial charge on any atom is 0.353 e. The quantitative estimate of drug-likeness (QED) is 0.420. The number of nitrogens with two attached hydrogens (primary N) is 1. The lowest BCUT2D eigenvalue weighted by atomic mass is 9.79. The van der Waals surface area contributed by atoms with Crippen LogP contribution in [0.4, 0.5) is 0 Å². The number of aliphatic carboxylic acids is 1. The van der Waals surface area contributed by atoms with Gasteiger partial charge in [-0.25, -0.2) is 4.79 Å². The predicted molar refractivity (Wildman–Crippen MR) is 110 cm³/mol. The maximum atomic E-state index is 12.4. The highest BCUT2D eigenvalue weighted by atomic mass is 32.2. The molecule has 6 atom stereocenters. The van der Waals surface area contributed by atoms with E-state index < -0.39 is 18.0 Å². The van der Waals surface area contributed by atoms with Gasteiger partial charge < -0.3 is 31.1 Å². The highest BCUT2D eigenvalue weighted by Gasteiger charge is 2.60. The molecule has 5 N–H and O–H groups in total. The van der Waals surface area contributed by atoms with E-state index in [2.05, 4.69) is 15.2 Å². The third-order valence-corrected chi connectivity index (χ3v) is 7.98. The number of aliphatic imine (C=N–C) groups is 1. The third-order valence-electron chi connectivity index (χ3n) is 6.44. The number of thioether (sulfide) groups is 1. The summed E-state index contributed by atoms with van der Waals surface area (Å²) in [5.41, 5.74) is 5.78. The minimum atomic E-state index is -1.06. The fourth-order valence-electron chi connectivity index (χ4n) is 5.00. The molecule has 2 saturated heterocycles. The van der Waals surface area contributed by atoms with Crippen LogP contribution in [0.2, 0.25) is 0 Å². The van der Waals surface area contributed by atoms with Crippen molar-refractivity contribution in [3.05, 3.63) is 10.6 Å². The van der Waals surface area contributed by atoms with E-state index in [1.165, 1.54) is 4.90 Å². The van der Waals surface area contributed by atoms with Crippen molar-refractivity contribution in [2.45, 2.75) is 37.7 Å². The first kappa shape index (κ1) is 20.5. The van der Waals surface area contributed by atoms with E-state index in [0.717, 1.165) is 44.0 Å². The lowest BCUT2D eigenvalue weighted by Crippen LogP contribution is -2.63. The predicted octanol–water partition coefficient (Wildman–Crippen LogP) is -0.518. The Bertz CT molecular complexity index is 770. The number of β-lactam (4-membered cyclic amide) rings is 1. The molecule has 4 aliphatic rings. The molecule has 1 amide bonds. The van der Waals surface area contributed by atoms with Crippen LogP contribution in [0, 0.1) is 17.8 Å². The molecular weight excluding hydrogens is 394 g/mol. The van der Waals surface area contributed by atoms with E-state index in [9.17, 15) is 19.8 Å². The van der Waals surface area contributed by atoms with Gasteiger partial charge in [-0.2, -0.15) is 0 Å². The molecule has 10 heteroatoms. The zero-order valence-corrected chi connectivity index (χ0v) is 17.6. The number of hydrogen-bond acceptors (Lipinski definition) is 8. The number of carboxylic acid groups (broad SMARTS) is 1. The van der Waals surface area contributed by atoms with Gasteiger partial charge >= 0.3 is 5.97 Å². The van der Waals surface area contributed by atoms with Crippen LogP contribution < -0.4 is 11.1 Å². The van der Waals surface area contributed by atoms with Gasteiger partial charge in [0.05, 0.1) is 18.1 Å².